The molecular weight excluding hydrogens is 406 g/mol. The molecule has 1 atom stereocenters. The van der Waals surface area contributed by atoms with Gasteiger partial charge in [-0.3, -0.25) is 14.4 Å². The average molecular weight is 442 g/mol. The van der Waals surface area contributed by atoms with Gasteiger partial charge in [-0.2, -0.15) is 5.10 Å². The van der Waals surface area contributed by atoms with Crippen molar-refractivity contribution in [3.63, 3.8) is 0 Å². The van der Waals surface area contributed by atoms with Gasteiger partial charge in [0.05, 0.1) is 6.26 Å². The van der Waals surface area contributed by atoms with Crippen molar-refractivity contribution in [2.75, 3.05) is 52.7 Å². The van der Waals surface area contributed by atoms with E-state index in [0.29, 0.717) is 37.9 Å². The standard InChI is InChI=1S/C20H35N5O4S/c1-4-23-11-7-19(21-23)20(26)22(2)12-13-25(17-8-14-29-15-9-17)18-6-5-10-24(16-18)30(3,27)28/h7,11,17-18H,4-6,8-10,12-16H2,1-3H3. The lowest BCUT2D eigenvalue weighted by Crippen LogP contribution is -2.55. The number of piperidine rings is 1. The van der Waals surface area contributed by atoms with Gasteiger partial charge in [0.15, 0.2) is 0 Å². The van der Waals surface area contributed by atoms with Crippen LogP contribution in [0.2, 0.25) is 0 Å². The Bertz CT molecular complexity index is 806. The monoisotopic (exact) mass is 441 g/mol. The predicted octanol–water partition coefficient (Wildman–Crippen LogP) is 0.880. The molecule has 10 heteroatoms. The molecule has 0 bridgehead atoms. The molecule has 2 fully saturated rings. The summed E-state index contributed by atoms with van der Waals surface area (Å²) in [6, 6.07) is 2.27. The lowest BCUT2D eigenvalue weighted by Gasteiger charge is -2.44. The number of carbonyl (C=O) groups is 1. The highest BCUT2D eigenvalue weighted by Gasteiger charge is 2.34. The van der Waals surface area contributed by atoms with Crippen LogP contribution in [0.25, 0.3) is 0 Å². The fraction of sp³-hybridized carbons (Fsp3) is 0.800. The number of hydrogen-bond donors (Lipinski definition) is 0. The second kappa shape index (κ2) is 10.2. The Labute approximate surface area is 180 Å². The Morgan fingerprint density at radius 2 is 1.97 bits per heavy atom. The number of carbonyl (C=O) groups excluding carboxylic acids is 1. The molecule has 0 radical (unpaired) electrons. The molecule has 3 heterocycles. The second-order valence-corrected chi connectivity index (χ2v) is 10.3. The number of likely N-dealkylation sites (N-methyl/N-ethyl adjacent to an activating group) is 1. The molecule has 1 aromatic heterocycles. The summed E-state index contributed by atoms with van der Waals surface area (Å²) in [5.41, 5.74) is 0.456. The zero-order valence-corrected chi connectivity index (χ0v) is 19.2. The highest BCUT2D eigenvalue weighted by atomic mass is 32.2. The van der Waals surface area contributed by atoms with Gasteiger partial charge in [0.25, 0.3) is 5.91 Å². The van der Waals surface area contributed by atoms with Crippen molar-refractivity contribution in [3.8, 4) is 0 Å². The van der Waals surface area contributed by atoms with Crippen LogP contribution in [0.1, 0.15) is 43.1 Å². The van der Waals surface area contributed by atoms with Gasteiger partial charge in [-0.1, -0.05) is 0 Å². The van der Waals surface area contributed by atoms with Crippen LogP contribution in [0.5, 0.6) is 0 Å². The first-order valence-corrected chi connectivity index (χ1v) is 12.7. The van der Waals surface area contributed by atoms with Crippen LogP contribution in [0.3, 0.4) is 0 Å². The highest BCUT2D eigenvalue weighted by Crippen LogP contribution is 2.24. The number of aromatic nitrogens is 2. The number of sulfonamides is 1. The molecule has 0 N–H and O–H groups in total. The van der Waals surface area contributed by atoms with Crippen molar-refractivity contribution < 1.29 is 17.9 Å². The summed E-state index contributed by atoms with van der Waals surface area (Å²) in [5.74, 6) is -0.0875. The SMILES string of the molecule is CCn1ccc(C(=O)N(C)CCN(C2CCOCC2)C2CCCN(S(C)(=O)=O)C2)n1. The van der Waals surface area contributed by atoms with Crippen LogP contribution in [0.15, 0.2) is 12.3 Å². The Morgan fingerprint density at radius 3 is 2.60 bits per heavy atom. The summed E-state index contributed by atoms with van der Waals surface area (Å²) in [5, 5.41) is 4.32. The van der Waals surface area contributed by atoms with Gasteiger partial charge in [0, 0.05) is 71.3 Å². The van der Waals surface area contributed by atoms with Gasteiger partial charge < -0.3 is 9.64 Å². The Kier molecular flexibility index (Phi) is 7.89. The Balaban J connectivity index is 1.67. The number of rotatable bonds is 8. The summed E-state index contributed by atoms with van der Waals surface area (Å²) in [6.07, 6.45) is 6.82. The first-order valence-electron chi connectivity index (χ1n) is 10.9. The molecule has 1 aromatic rings. The van der Waals surface area contributed by atoms with Crippen molar-refractivity contribution in [1.82, 2.24) is 23.9 Å². The van der Waals surface area contributed by atoms with Gasteiger partial charge in [0.2, 0.25) is 10.0 Å². The molecule has 30 heavy (non-hydrogen) atoms. The Morgan fingerprint density at radius 1 is 1.23 bits per heavy atom. The maximum Gasteiger partial charge on any atom is 0.274 e. The molecule has 2 saturated heterocycles. The Hall–Kier alpha value is -1.49. The van der Waals surface area contributed by atoms with Gasteiger partial charge in [-0.15, -0.1) is 0 Å². The summed E-state index contributed by atoms with van der Waals surface area (Å²) < 4.78 is 33.1. The second-order valence-electron chi connectivity index (χ2n) is 8.28. The first kappa shape index (κ1) is 23.2. The van der Waals surface area contributed by atoms with Crippen LogP contribution in [-0.4, -0.2) is 103 Å². The normalized spacial score (nSPS) is 21.8. The van der Waals surface area contributed by atoms with Gasteiger partial charge in [0.1, 0.15) is 5.69 Å². The van der Waals surface area contributed by atoms with Gasteiger partial charge in [-0.05, 0) is 38.7 Å². The smallest absolute Gasteiger partial charge is 0.274 e. The van der Waals surface area contributed by atoms with E-state index in [0.717, 1.165) is 45.4 Å². The minimum absolute atomic E-state index is 0.0875. The largest absolute Gasteiger partial charge is 0.381 e. The minimum atomic E-state index is -3.20. The van der Waals surface area contributed by atoms with Crippen molar-refractivity contribution >= 4 is 15.9 Å². The minimum Gasteiger partial charge on any atom is -0.381 e. The van der Waals surface area contributed by atoms with Gasteiger partial charge in [-0.25, -0.2) is 12.7 Å². The number of hydrogen-bond acceptors (Lipinski definition) is 6. The summed E-state index contributed by atoms with van der Waals surface area (Å²) >= 11 is 0. The fourth-order valence-electron chi connectivity index (χ4n) is 4.39. The number of amides is 1. The van der Waals surface area contributed by atoms with E-state index in [9.17, 15) is 13.2 Å². The molecule has 3 rings (SSSR count). The summed E-state index contributed by atoms with van der Waals surface area (Å²) in [7, 11) is -1.39. The van der Waals surface area contributed by atoms with E-state index < -0.39 is 10.0 Å². The maximum absolute atomic E-state index is 12.7. The molecule has 1 amide bonds. The third-order valence-electron chi connectivity index (χ3n) is 6.18. The quantitative estimate of drug-likeness (QED) is 0.595. The van der Waals surface area contributed by atoms with Crippen LogP contribution < -0.4 is 0 Å². The van der Waals surface area contributed by atoms with E-state index in [1.165, 1.54) is 6.26 Å². The van der Waals surface area contributed by atoms with Crippen molar-refractivity contribution in [2.45, 2.75) is 51.2 Å². The van der Waals surface area contributed by atoms with E-state index in [2.05, 4.69) is 10.00 Å². The molecule has 1 unspecified atom stereocenters. The van der Waals surface area contributed by atoms with E-state index in [1.54, 1.807) is 27.0 Å². The van der Waals surface area contributed by atoms with Crippen molar-refractivity contribution in [3.05, 3.63) is 18.0 Å². The summed E-state index contributed by atoms with van der Waals surface area (Å²) in [4.78, 5) is 16.9. The topological polar surface area (TPSA) is 88.0 Å². The summed E-state index contributed by atoms with van der Waals surface area (Å²) in [6.45, 7) is 6.58. The third-order valence-corrected chi connectivity index (χ3v) is 7.45. The molecule has 9 nitrogen and oxygen atoms in total. The molecule has 0 spiro atoms. The van der Waals surface area contributed by atoms with Crippen LogP contribution >= 0.6 is 0 Å². The predicted molar refractivity (Wildman–Crippen MR) is 115 cm³/mol. The molecule has 170 valence electrons. The lowest BCUT2D eigenvalue weighted by molar-refractivity contribution is 0.00316. The molecule has 2 aliphatic heterocycles. The van der Waals surface area contributed by atoms with Crippen LogP contribution in [0.4, 0.5) is 0 Å². The van der Waals surface area contributed by atoms with E-state index in [-0.39, 0.29) is 11.9 Å². The highest BCUT2D eigenvalue weighted by molar-refractivity contribution is 7.88. The van der Waals surface area contributed by atoms with E-state index in [4.69, 9.17) is 4.74 Å². The molecular formula is C20H35N5O4S. The third kappa shape index (κ3) is 5.81. The zero-order chi connectivity index (χ0) is 21.7. The molecule has 0 saturated carbocycles. The van der Waals surface area contributed by atoms with E-state index >= 15 is 0 Å². The molecule has 0 aromatic carbocycles. The van der Waals surface area contributed by atoms with E-state index in [1.807, 2.05) is 13.1 Å². The van der Waals surface area contributed by atoms with Crippen molar-refractivity contribution in [2.24, 2.45) is 0 Å². The van der Waals surface area contributed by atoms with Crippen LogP contribution in [0, 0.1) is 0 Å². The van der Waals surface area contributed by atoms with Gasteiger partial charge >= 0.3 is 0 Å². The molecule has 0 aliphatic carbocycles. The number of aryl methyl sites for hydroxylation is 1. The number of ether oxygens (including phenoxy) is 1. The average Bonchev–Trinajstić information content (AvgIpc) is 3.23. The van der Waals surface area contributed by atoms with Crippen LogP contribution in [-0.2, 0) is 21.3 Å². The molecule has 2 aliphatic rings. The zero-order valence-electron chi connectivity index (χ0n) is 18.4. The lowest BCUT2D eigenvalue weighted by atomic mass is 9.99. The first-order chi connectivity index (χ1) is 14.3. The fourth-order valence-corrected chi connectivity index (χ4v) is 5.29. The van der Waals surface area contributed by atoms with Crippen molar-refractivity contribution in [1.29, 1.82) is 0 Å². The maximum atomic E-state index is 12.7. The number of nitrogens with zero attached hydrogens (tertiary/aromatic N) is 5.